The van der Waals surface area contributed by atoms with Gasteiger partial charge in [0.25, 0.3) is 5.24 Å². The van der Waals surface area contributed by atoms with Gasteiger partial charge in [-0.1, -0.05) is 6.07 Å². The maximum absolute atomic E-state index is 10.5. The molecule has 1 aromatic rings. The first-order valence-corrected chi connectivity index (χ1v) is 3.13. The number of anilines is 1. The van der Waals surface area contributed by atoms with Crippen LogP contribution in [0.15, 0.2) is 24.3 Å². The van der Waals surface area contributed by atoms with E-state index in [1.807, 2.05) is 0 Å². The van der Waals surface area contributed by atoms with Crippen LogP contribution in [0.25, 0.3) is 0 Å². The molecule has 0 amide bonds. The van der Waals surface area contributed by atoms with Gasteiger partial charge in [0, 0.05) is 11.3 Å². The van der Waals surface area contributed by atoms with Gasteiger partial charge in [0.1, 0.15) is 0 Å². The van der Waals surface area contributed by atoms with Gasteiger partial charge < -0.3 is 5.73 Å². The van der Waals surface area contributed by atoms with Crippen LogP contribution in [0.5, 0.6) is 0 Å². The maximum Gasteiger partial charge on any atom is 0.252 e. The molecule has 1 rings (SSSR count). The van der Waals surface area contributed by atoms with Crippen LogP contribution in [0.4, 0.5) is 5.69 Å². The molecule has 0 radical (unpaired) electrons. The second kappa shape index (κ2) is 2.71. The van der Waals surface area contributed by atoms with Gasteiger partial charge in [-0.05, 0) is 29.8 Å². The van der Waals surface area contributed by atoms with E-state index >= 15 is 0 Å². The average Bonchev–Trinajstić information content (AvgIpc) is 1.88. The molecule has 10 heavy (non-hydrogen) atoms. The van der Waals surface area contributed by atoms with Gasteiger partial charge in [-0.3, -0.25) is 4.79 Å². The highest BCUT2D eigenvalue weighted by Gasteiger charge is 1.98. The lowest BCUT2D eigenvalue weighted by atomic mass is 10.2. The Bertz CT molecular complexity index is 260. The summed E-state index contributed by atoms with van der Waals surface area (Å²) in [5, 5.41) is -0.479. The van der Waals surface area contributed by atoms with Crippen LogP contribution in [0.3, 0.4) is 0 Å². The molecule has 2 nitrogen and oxygen atoms in total. The van der Waals surface area contributed by atoms with E-state index in [0.29, 0.717) is 11.3 Å². The zero-order valence-corrected chi connectivity index (χ0v) is 5.93. The molecule has 1 aromatic carbocycles. The molecule has 0 aliphatic heterocycles. The monoisotopic (exact) mass is 155 g/mol. The quantitative estimate of drug-likeness (QED) is 0.495. The summed E-state index contributed by atoms with van der Waals surface area (Å²) in [6, 6.07) is 6.54. The highest BCUT2D eigenvalue weighted by atomic mass is 35.5. The summed E-state index contributed by atoms with van der Waals surface area (Å²) < 4.78 is 0. The fourth-order valence-corrected chi connectivity index (χ4v) is 0.778. The Morgan fingerprint density at radius 1 is 1.50 bits per heavy atom. The number of hydrogen-bond acceptors (Lipinski definition) is 2. The number of hydrogen-bond donors (Lipinski definition) is 1. The van der Waals surface area contributed by atoms with Crippen LogP contribution in [0.2, 0.25) is 0 Å². The molecular weight excluding hydrogens is 150 g/mol. The molecule has 0 fully saturated rings. The molecular formula is C7H6ClNO. The van der Waals surface area contributed by atoms with Gasteiger partial charge in [-0.15, -0.1) is 0 Å². The summed E-state index contributed by atoms with van der Waals surface area (Å²) in [6.07, 6.45) is 0. The third kappa shape index (κ3) is 1.48. The molecule has 0 spiro atoms. The van der Waals surface area contributed by atoms with E-state index in [0.717, 1.165) is 0 Å². The zero-order valence-electron chi connectivity index (χ0n) is 5.17. The number of rotatable bonds is 1. The summed E-state index contributed by atoms with van der Waals surface area (Å²) in [4.78, 5) is 10.5. The van der Waals surface area contributed by atoms with Crippen molar-refractivity contribution < 1.29 is 4.79 Å². The Kier molecular flexibility index (Phi) is 1.92. The number of benzene rings is 1. The summed E-state index contributed by atoms with van der Waals surface area (Å²) in [5.74, 6) is 0. The van der Waals surface area contributed by atoms with Gasteiger partial charge >= 0.3 is 0 Å². The molecule has 52 valence electrons. The van der Waals surface area contributed by atoms with Crippen molar-refractivity contribution in [3.8, 4) is 0 Å². The van der Waals surface area contributed by atoms with E-state index in [4.69, 9.17) is 17.3 Å². The smallest absolute Gasteiger partial charge is 0.252 e. The number of nitrogen functional groups attached to an aromatic ring is 1. The minimum atomic E-state index is -0.479. The van der Waals surface area contributed by atoms with Crippen LogP contribution in [0.1, 0.15) is 10.4 Å². The standard InChI is InChI=1S/C7H6ClNO/c8-7(10)5-2-1-3-6(9)4-5/h1-4H,9H2. The summed E-state index contributed by atoms with van der Waals surface area (Å²) in [6.45, 7) is 0. The first-order chi connectivity index (χ1) is 4.70. The maximum atomic E-state index is 10.5. The average molecular weight is 156 g/mol. The van der Waals surface area contributed by atoms with Crippen LogP contribution < -0.4 is 5.73 Å². The fraction of sp³-hybridized carbons (Fsp3) is 0. The molecule has 0 heterocycles. The lowest BCUT2D eigenvalue weighted by molar-refractivity contribution is 0.108. The van der Waals surface area contributed by atoms with Gasteiger partial charge in [-0.2, -0.15) is 0 Å². The van der Waals surface area contributed by atoms with E-state index in [2.05, 4.69) is 0 Å². The van der Waals surface area contributed by atoms with E-state index in [1.54, 1.807) is 18.2 Å². The van der Waals surface area contributed by atoms with Crippen molar-refractivity contribution in [2.45, 2.75) is 0 Å². The van der Waals surface area contributed by atoms with Gasteiger partial charge in [-0.25, -0.2) is 0 Å². The van der Waals surface area contributed by atoms with Gasteiger partial charge in [0.2, 0.25) is 0 Å². The van der Waals surface area contributed by atoms with Gasteiger partial charge in [0.15, 0.2) is 0 Å². The number of halogens is 1. The zero-order chi connectivity index (χ0) is 7.56. The molecule has 0 saturated carbocycles. The number of nitrogens with two attached hydrogens (primary N) is 1. The Hall–Kier alpha value is -1.02. The molecule has 0 aliphatic rings. The molecule has 0 atom stereocenters. The van der Waals surface area contributed by atoms with Crippen molar-refractivity contribution in [3.05, 3.63) is 29.8 Å². The molecule has 0 saturated heterocycles. The van der Waals surface area contributed by atoms with Gasteiger partial charge in [0.05, 0.1) is 0 Å². The lowest BCUT2D eigenvalue weighted by Crippen LogP contribution is -1.90. The van der Waals surface area contributed by atoms with Crippen molar-refractivity contribution in [2.75, 3.05) is 5.73 Å². The number of carbonyl (C=O) groups is 1. The minimum Gasteiger partial charge on any atom is -0.399 e. The predicted octanol–water partition coefficient (Wildman–Crippen LogP) is 1.65. The lowest BCUT2D eigenvalue weighted by Gasteiger charge is -1.93. The first-order valence-electron chi connectivity index (χ1n) is 2.75. The van der Waals surface area contributed by atoms with E-state index in [1.165, 1.54) is 6.07 Å². The van der Waals surface area contributed by atoms with Crippen molar-refractivity contribution in [2.24, 2.45) is 0 Å². The topological polar surface area (TPSA) is 43.1 Å². The van der Waals surface area contributed by atoms with Crippen LogP contribution >= 0.6 is 11.6 Å². The molecule has 2 N–H and O–H groups in total. The Labute approximate surface area is 63.6 Å². The highest BCUT2D eigenvalue weighted by Crippen LogP contribution is 2.08. The molecule has 3 heteroatoms. The Balaban J connectivity index is 3.07. The number of carbonyl (C=O) groups excluding carboxylic acids is 1. The molecule has 0 unspecified atom stereocenters. The molecule has 0 aliphatic carbocycles. The van der Waals surface area contributed by atoms with Crippen molar-refractivity contribution >= 4 is 22.5 Å². The van der Waals surface area contributed by atoms with E-state index in [-0.39, 0.29) is 0 Å². The van der Waals surface area contributed by atoms with Crippen molar-refractivity contribution in [3.63, 3.8) is 0 Å². The van der Waals surface area contributed by atoms with Crippen molar-refractivity contribution in [1.29, 1.82) is 0 Å². The van der Waals surface area contributed by atoms with Crippen molar-refractivity contribution in [1.82, 2.24) is 0 Å². The largest absolute Gasteiger partial charge is 0.399 e. The Morgan fingerprint density at radius 2 is 2.20 bits per heavy atom. The second-order valence-corrected chi connectivity index (χ2v) is 2.24. The first kappa shape index (κ1) is 7.09. The van der Waals surface area contributed by atoms with Crippen LogP contribution in [-0.2, 0) is 0 Å². The summed E-state index contributed by atoms with van der Waals surface area (Å²) in [7, 11) is 0. The third-order valence-electron chi connectivity index (χ3n) is 1.11. The molecule has 0 bridgehead atoms. The van der Waals surface area contributed by atoms with Crippen LogP contribution in [-0.4, -0.2) is 5.24 Å². The SMILES string of the molecule is Nc1cccc(C(=O)Cl)c1. The normalized spacial score (nSPS) is 9.30. The highest BCUT2D eigenvalue weighted by molar-refractivity contribution is 6.67. The second-order valence-electron chi connectivity index (χ2n) is 1.90. The fourth-order valence-electron chi connectivity index (χ4n) is 0.661. The van der Waals surface area contributed by atoms with E-state index in [9.17, 15) is 4.79 Å². The van der Waals surface area contributed by atoms with Crippen LogP contribution in [0, 0.1) is 0 Å². The predicted molar refractivity (Wildman–Crippen MR) is 41.0 cm³/mol. The van der Waals surface area contributed by atoms with E-state index < -0.39 is 5.24 Å². The summed E-state index contributed by atoms with van der Waals surface area (Å²) >= 11 is 5.18. The molecule has 0 aromatic heterocycles. The Morgan fingerprint density at radius 3 is 2.60 bits per heavy atom. The summed E-state index contributed by atoms with van der Waals surface area (Å²) in [5.41, 5.74) is 6.37. The third-order valence-corrected chi connectivity index (χ3v) is 1.33. The minimum absolute atomic E-state index is 0.432.